The largest absolute Gasteiger partial charge is 0.466 e. The number of carbonyl (C=O) groups is 4. The Morgan fingerprint density at radius 2 is 1.76 bits per heavy atom. The van der Waals surface area contributed by atoms with Crippen molar-refractivity contribution in [3.8, 4) is 0 Å². The highest BCUT2D eigenvalue weighted by atomic mass is 31.2. The van der Waals surface area contributed by atoms with Crippen molar-refractivity contribution >= 4 is 31.8 Å². The molecule has 2 atom stereocenters. The fraction of sp³-hybridized carbons (Fsp3) is 0.500. The number of nitrogens with one attached hydrogen (secondary N) is 1. The van der Waals surface area contributed by atoms with Crippen molar-refractivity contribution in [2.24, 2.45) is 5.73 Å². The highest BCUT2D eigenvalue weighted by molar-refractivity contribution is 7.45. The summed E-state index contributed by atoms with van der Waals surface area (Å²) in [5, 5.41) is 2.25. The third-order valence-electron chi connectivity index (χ3n) is 4.88. The third kappa shape index (κ3) is 8.50. The van der Waals surface area contributed by atoms with Gasteiger partial charge < -0.3 is 29.9 Å². The first-order valence-electron chi connectivity index (χ1n) is 10.4. The van der Waals surface area contributed by atoms with Crippen molar-refractivity contribution in [3.63, 3.8) is 0 Å². The first-order valence-corrected chi connectivity index (χ1v) is 12.0. The molecule has 2 unspecified atom stereocenters. The van der Waals surface area contributed by atoms with E-state index in [1.807, 2.05) is 6.92 Å². The molecule has 1 heterocycles. The molecule has 0 aromatic heterocycles. The van der Waals surface area contributed by atoms with Gasteiger partial charge in [-0.25, -0.2) is 14.2 Å². The molecule has 1 aliphatic heterocycles. The number of hydrogen-bond acceptors (Lipinski definition) is 7. The van der Waals surface area contributed by atoms with Gasteiger partial charge in [0.2, 0.25) is 5.91 Å². The average molecular weight is 503 g/mol. The topological polar surface area (TPSA) is 206 Å². The molecule has 5 amide bonds. The van der Waals surface area contributed by atoms with Crippen LogP contribution in [-0.2, 0) is 29.0 Å². The van der Waals surface area contributed by atoms with Gasteiger partial charge in [-0.3, -0.25) is 19.8 Å². The Hall–Kier alpha value is -2.83. The minimum atomic E-state index is -4.64. The summed E-state index contributed by atoms with van der Waals surface area (Å²) in [5.41, 5.74) is 4.05. The van der Waals surface area contributed by atoms with Gasteiger partial charge in [0.05, 0.1) is 13.2 Å². The van der Waals surface area contributed by atoms with Crippen LogP contribution in [0.2, 0.25) is 0 Å². The summed E-state index contributed by atoms with van der Waals surface area (Å²) in [4.78, 5) is 72.1. The standard InChI is InChI=1S/C20H27N3O6.H3O4P/c1-3-5-11-28-13-15(29-18(21)26)12-23-17(25)20(4-2,16(24)22-19(23)27)14-9-7-6-8-10-14;1-5(2,3)4/h6-10,15H,3-5,11-13H2,1-2H3,(H2,21,26)(H,22,24,27);(H3,1,2,3,4). The van der Waals surface area contributed by atoms with Crippen LogP contribution < -0.4 is 11.1 Å². The molecule has 14 heteroatoms. The van der Waals surface area contributed by atoms with E-state index < -0.39 is 43.3 Å². The molecule has 0 radical (unpaired) electrons. The highest BCUT2D eigenvalue weighted by Gasteiger charge is 2.54. The highest BCUT2D eigenvalue weighted by Crippen LogP contribution is 2.33. The predicted molar refractivity (Wildman–Crippen MR) is 118 cm³/mol. The molecular weight excluding hydrogens is 473 g/mol. The van der Waals surface area contributed by atoms with E-state index in [1.54, 1.807) is 37.3 Å². The number of rotatable bonds is 10. The van der Waals surface area contributed by atoms with Gasteiger partial charge in [0.15, 0.2) is 5.41 Å². The lowest BCUT2D eigenvalue weighted by Crippen LogP contribution is -2.67. The Bertz CT molecular complexity index is 899. The molecule has 6 N–H and O–H groups in total. The Morgan fingerprint density at radius 3 is 2.26 bits per heavy atom. The molecule has 190 valence electrons. The molecule has 0 spiro atoms. The molecule has 1 saturated heterocycles. The number of nitrogens with zero attached hydrogens (tertiary/aromatic N) is 1. The fourth-order valence-corrected chi connectivity index (χ4v) is 3.30. The van der Waals surface area contributed by atoms with Crippen molar-refractivity contribution < 1.29 is 47.9 Å². The number of carbonyl (C=O) groups excluding carboxylic acids is 4. The second-order valence-corrected chi connectivity index (χ2v) is 8.33. The van der Waals surface area contributed by atoms with Crippen LogP contribution >= 0.6 is 7.82 Å². The lowest BCUT2D eigenvalue weighted by atomic mass is 9.74. The second kappa shape index (κ2) is 13.2. The van der Waals surface area contributed by atoms with E-state index in [9.17, 15) is 19.2 Å². The van der Waals surface area contributed by atoms with Crippen LogP contribution in [0.5, 0.6) is 0 Å². The van der Waals surface area contributed by atoms with E-state index in [2.05, 4.69) is 5.32 Å². The van der Waals surface area contributed by atoms with Gasteiger partial charge in [-0.15, -0.1) is 0 Å². The molecule has 2 rings (SSSR count). The molecule has 13 nitrogen and oxygen atoms in total. The van der Waals surface area contributed by atoms with Crippen LogP contribution in [0.15, 0.2) is 30.3 Å². The summed E-state index contributed by atoms with van der Waals surface area (Å²) in [7, 11) is -4.64. The maximum absolute atomic E-state index is 13.3. The van der Waals surface area contributed by atoms with E-state index >= 15 is 0 Å². The molecule has 0 saturated carbocycles. The summed E-state index contributed by atoms with van der Waals surface area (Å²) in [5.74, 6) is -1.35. The van der Waals surface area contributed by atoms with Crippen molar-refractivity contribution in [1.29, 1.82) is 0 Å². The van der Waals surface area contributed by atoms with Crippen LogP contribution in [0.4, 0.5) is 9.59 Å². The number of benzene rings is 1. The Balaban J connectivity index is 0.00000104. The van der Waals surface area contributed by atoms with Crippen LogP contribution in [0.1, 0.15) is 38.7 Å². The molecule has 1 aliphatic rings. The van der Waals surface area contributed by atoms with Gasteiger partial charge in [0.25, 0.3) is 5.91 Å². The van der Waals surface area contributed by atoms with Crippen molar-refractivity contribution in [2.45, 2.75) is 44.6 Å². The molecule has 1 fully saturated rings. The number of unbranched alkanes of at least 4 members (excludes halogenated alkanes) is 1. The monoisotopic (exact) mass is 503 g/mol. The third-order valence-corrected chi connectivity index (χ3v) is 4.88. The molecule has 1 aromatic rings. The Morgan fingerprint density at radius 1 is 1.18 bits per heavy atom. The number of ether oxygens (including phenoxy) is 2. The summed E-state index contributed by atoms with van der Waals surface area (Å²) in [6.45, 7) is 3.84. The van der Waals surface area contributed by atoms with Crippen molar-refractivity contribution in [1.82, 2.24) is 10.2 Å². The molecule has 34 heavy (non-hydrogen) atoms. The normalized spacial score (nSPS) is 19.1. The first-order chi connectivity index (χ1) is 15.9. The molecule has 0 bridgehead atoms. The van der Waals surface area contributed by atoms with Gasteiger partial charge in [0, 0.05) is 6.61 Å². The zero-order valence-electron chi connectivity index (χ0n) is 18.9. The summed E-state index contributed by atoms with van der Waals surface area (Å²) >= 11 is 0. The van der Waals surface area contributed by atoms with Crippen LogP contribution in [0.25, 0.3) is 0 Å². The molecule has 1 aromatic carbocycles. The lowest BCUT2D eigenvalue weighted by molar-refractivity contribution is -0.146. The number of amides is 5. The maximum Gasteiger partial charge on any atom is 0.466 e. The van der Waals surface area contributed by atoms with E-state index in [1.165, 1.54) is 0 Å². The number of phosphoric acid groups is 1. The number of hydrogen-bond donors (Lipinski definition) is 5. The second-order valence-electron chi connectivity index (χ2n) is 7.30. The van der Waals surface area contributed by atoms with E-state index in [-0.39, 0.29) is 19.6 Å². The molecule has 0 aliphatic carbocycles. The number of urea groups is 1. The quantitative estimate of drug-likeness (QED) is 0.172. The number of primary amides is 1. The van der Waals surface area contributed by atoms with Crippen molar-refractivity contribution in [3.05, 3.63) is 35.9 Å². The first kappa shape index (κ1) is 29.2. The van der Waals surface area contributed by atoms with E-state index in [0.29, 0.717) is 12.2 Å². The zero-order chi connectivity index (χ0) is 25.9. The summed E-state index contributed by atoms with van der Waals surface area (Å²) in [6.07, 6.45) is -0.0994. The SMILES string of the molecule is CCCCOCC(CN1C(=O)NC(=O)C(CC)(c2ccccc2)C1=O)OC(N)=O.O=P(O)(O)O. The van der Waals surface area contributed by atoms with Gasteiger partial charge in [-0.1, -0.05) is 50.6 Å². The van der Waals surface area contributed by atoms with Gasteiger partial charge in [0.1, 0.15) is 6.10 Å². The van der Waals surface area contributed by atoms with E-state index in [0.717, 1.165) is 17.7 Å². The van der Waals surface area contributed by atoms with Crippen LogP contribution in [-0.4, -0.2) is 69.4 Å². The Kier molecular flexibility index (Phi) is 11.3. The zero-order valence-corrected chi connectivity index (χ0v) is 19.8. The minimum Gasteiger partial charge on any atom is -0.442 e. The minimum absolute atomic E-state index is 0.0294. The Labute approximate surface area is 196 Å². The van der Waals surface area contributed by atoms with Gasteiger partial charge >= 0.3 is 19.9 Å². The lowest BCUT2D eigenvalue weighted by Gasteiger charge is -2.39. The van der Waals surface area contributed by atoms with Crippen molar-refractivity contribution in [2.75, 3.05) is 19.8 Å². The molecular formula is C20H30N3O10P. The van der Waals surface area contributed by atoms with E-state index in [4.69, 9.17) is 34.5 Å². The van der Waals surface area contributed by atoms with Gasteiger partial charge in [-0.2, -0.15) is 0 Å². The summed E-state index contributed by atoms with van der Waals surface area (Å²) < 4.78 is 19.4. The van der Waals surface area contributed by atoms with Crippen LogP contribution in [0.3, 0.4) is 0 Å². The average Bonchev–Trinajstić information content (AvgIpc) is 2.74. The number of nitrogens with two attached hydrogens (primary N) is 1. The summed E-state index contributed by atoms with van der Waals surface area (Å²) in [6, 6.07) is 7.67. The maximum atomic E-state index is 13.3. The number of barbiturate groups is 1. The predicted octanol–water partition coefficient (Wildman–Crippen LogP) is 0.765. The van der Waals surface area contributed by atoms with Crippen LogP contribution in [0, 0.1) is 0 Å². The number of imide groups is 2. The smallest absolute Gasteiger partial charge is 0.442 e. The fourth-order valence-electron chi connectivity index (χ4n) is 3.30. The van der Waals surface area contributed by atoms with Gasteiger partial charge in [-0.05, 0) is 18.4 Å².